The minimum Gasteiger partial charge on any atom is -0.390 e. The molecule has 0 amide bonds. The number of allylic oxidation sites excluding steroid dienone is 4. The van der Waals surface area contributed by atoms with Gasteiger partial charge in [-0.05, 0) is 57.1 Å². The number of rotatable bonds is 2. The molecule has 0 aliphatic heterocycles. The second-order valence-electron chi connectivity index (χ2n) is 9.24. The van der Waals surface area contributed by atoms with E-state index in [4.69, 9.17) is 0 Å². The molecule has 148 valence electrons. The SMILES string of the molecule is C[C@]12C=CC(=O)C=C1CC[C@H]1[C@@H]3CC[C@@](O)(C(=O)CO)[C@@]3(C)C[C@H](O)[C@@]12F. The fraction of sp³-hybridized carbons (Fsp3) is 0.714. The van der Waals surface area contributed by atoms with Gasteiger partial charge in [0, 0.05) is 16.7 Å². The Balaban J connectivity index is 1.81. The highest BCUT2D eigenvalue weighted by molar-refractivity contribution is 6.01. The summed E-state index contributed by atoms with van der Waals surface area (Å²) in [7, 11) is 0. The third-order valence-corrected chi connectivity index (χ3v) is 8.40. The Hall–Kier alpha value is -1.37. The van der Waals surface area contributed by atoms with Crippen LogP contribution in [0.3, 0.4) is 0 Å². The topological polar surface area (TPSA) is 94.8 Å². The van der Waals surface area contributed by atoms with Crippen molar-refractivity contribution in [1.82, 2.24) is 0 Å². The lowest BCUT2D eigenvalue weighted by molar-refractivity contribution is -0.217. The second-order valence-corrected chi connectivity index (χ2v) is 9.24. The first kappa shape index (κ1) is 19.0. The summed E-state index contributed by atoms with van der Waals surface area (Å²) >= 11 is 0. The molecular weight excluding hydrogens is 351 g/mol. The number of hydrogen-bond donors (Lipinski definition) is 3. The van der Waals surface area contributed by atoms with Crippen LogP contribution < -0.4 is 0 Å². The van der Waals surface area contributed by atoms with E-state index in [-0.39, 0.29) is 24.5 Å². The summed E-state index contributed by atoms with van der Waals surface area (Å²) in [5.74, 6) is -1.64. The van der Waals surface area contributed by atoms with Crippen LogP contribution in [0.5, 0.6) is 0 Å². The highest BCUT2D eigenvalue weighted by Crippen LogP contribution is 2.69. The van der Waals surface area contributed by atoms with Crippen LogP contribution in [0.25, 0.3) is 0 Å². The van der Waals surface area contributed by atoms with E-state index in [1.165, 1.54) is 12.2 Å². The van der Waals surface area contributed by atoms with E-state index in [1.807, 2.05) is 0 Å². The number of Topliss-reactive ketones (excluding diaryl/α,β-unsaturated/α-hetero) is 1. The molecule has 4 rings (SSSR count). The van der Waals surface area contributed by atoms with E-state index in [1.54, 1.807) is 19.9 Å². The quantitative estimate of drug-likeness (QED) is 0.679. The van der Waals surface area contributed by atoms with E-state index >= 15 is 4.39 Å². The molecule has 5 nitrogen and oxygen atoms in total. The van der Waals surface area contributed by atoms with Gasteiger partial charge in [-0.3, -0.25) is 9.59 Å². The van der Waals surface area contributed by atoms with Gasteiger partial charge in [-0.1, -0.05) is 18.6 Å². The predicted octanol–water partition coefficient (Wildman–Crippen LogP) is 1.65. The van der Waals surface area contributed by atoms with E-state index < -0.39 is 46.5 Å². The van der Waals surface area contributed by atoms with Crippen molar-refractivity contribution in [3.63, 3.8) is 0 Å². The maximum Gasteiger partial charge on any atom is 0.190 e. The third-order valence-electron chi connectivity index (χ3n) is 8.40. The van der Waals surface area contributed by atoms with Crippen molar-refractivity contribution in [2.24, 2.45) is 22.7 Å². The average Bonchev–Trinajstić information content (AvgIpc) is 2.88. The van der Waals surface area contributed by atoms with Gasteiger partial charge in [0.15, 0.2) is 17.2 Å². The zero-order valence-corrected chi connectivity index (χ0v) is 15.7. The van der Waals surface area contributed by atoms with Crippen molar-refractivity contribution in [1.29, 1.82) is 0 Å². The van der Waals surface area contributed by atoms with Gasteiger partial charge in [0.1, 0.15) is 12.2 Å². The largest absolute Gasteiger partial charge is 0.390 e. The van der Waals surface area contributed by atoms with Crippen molar-refractivity contribution in [3.8, 4) is 0 Å². The normalized spacial score (nSPS) is 51.3. The number of hydrogen-bond acceptors (Lipinski definition) is 5. The molecule has 0 aromatic heterocycles. The van der Waals surface area contributed by atoms with Gasteiger partial charge in [-0.25, -0.2) is 4.39 Å². The maximum absolute atomic E-state index is 16.7. The molecule has 4 aliphatic rings. The Morgan fingerprint density at radius 3 is 2.67 bits per heavy atom. The standard InChI is InChI=1S/C21H27FO5/c1-18-7-5-13(24)9-12(18)3-4-15-14-6-8-20(27,17(26)11-23)19(14,2)10-16(25)21(15,18)22/h5,7,9,14-16,23,25,27H,3-4,6,8,10-11H2,1-2H3/t14-,15-,16-,18-,19-,20+,21-/m0/s1. The highest BCUT2D eigenvalue weighted by atomic mass is 19.1. The molecule has 4 aliphatic carbocycles. The predicted molar refractivity (Wildman–Crippen MR) is 95.4 cm³/mol. The Kier molecular flexibility index (Phi) is 3.92. The summed E-state index contributed by atoms with van der Waals surface area (Å²) in [6.07, 6.45) is 4.65. The molecule has 3 N–H and O–H groups in total. The van der Waals surface area contributed by atoms with Crippen molar-refractivity contribution in [2.45, 2.75) is 63.3 Å². The summed E-state index contributed by atoms with van der Waals surface area (Å²) in [5.41, 5.74) is -5.07. The molecule has 0 aromatic carbocycles. The number of halogens is 1. The molecule has 6 heteroatoms. The van der Waals surface area contributed by atoms with Gasteiger partial charge in [0.05, 0.1) is 6.10 Å². The molecule has 0 heterocycles. The molecular formula is C21H27FO5. The lowest BCUT2D eigenvalue weighted by Crippen LogP contribution is -2.69. The lowest BCUT2D eigenvalue weighted by Gasteiger charge is -2.62. The van der Waals surface area contributed by atoms with Crippen molar-refractivity contribution >= 4 is 11.6 Å². The highest BCUT2D eigenvalue weighted by Gasteiger charge is 2.73. The number of ketones is 2. The minimum atomic E-state index is -1.97. The molecule has 27 heavy (non-hydrogen) atoms. The molecule has 0 radical (unpaired) electrons. The van der Waals surface area contributed by atoms with E-state index in [0.717, 1.165) is 0 Å². The number of alkyl halides is 1. The van der Waals surface area contributed by atoms with E-state index in [2.05, 4.69) is 0 Å². The summed E-state index contributed by atoms with van der Waals surface area (Å²) in [4.78, 5) is 24.1. The van der Waals surface area contributed by atoms with Gasteiger partial charge in [-0.2, -0.15) is 0 Å². The Morgan fingerprint density at radius 1 is 1.30 bits per heavy atom. The van der Waals surface area contributed by atoms with Crippen LogP contribution in [0.1, 0.15) is 46.0 Å². The van der Waals surface area contributed by atoms with Crippen molar-refractivity contribution < 1.29 is 29.3 Å². The van der Waals surface area contributed by atoms with E-state index in [9.17, 15) is 24.9 Å². The van der Waals surface area contributed by atoms with Gasteiger partial charge in [0.2, 0.25) is 0 Å². The second kappa shape index (κ2) is 5.58. The lowest BCUT2D eigenvalue weighted by atomic mass is 9.44. The number of fused-ring (bicyclic) bond motifs is 5. The van der Waals surface area contributed by atoms with Crippen LogP contribution >= 0.6 is 0 Å². The van der Waals surface area contributed by atoms with E-state index in [0.29, 0.717) is 24.8 Å². The first-order chi connectivity index (χ1) is 12.5. The van der Waals surface area contributed by atoms with Gasteiger partial charge >= 0.3 is 0 Å². The van der Waals surface area contributed by atoms with Gasteiger partial charge < -0.3 is 15.3 Å². The van der Waals surface area contributed by atoms with Crippen molar-refractivity contribution in [3.05, 3.63) is 23.8 Å². The minimum absolute atomic E-state index is 0.0580. The van der Waals surface area contributed by atoms with Crippen LogP contribution in [0.2, 0.25) is 0 Å². The number of aliphatic hydroxyl groups is 3. The van der Waals surface area contributed by atoms with Crippen molar-refractivity contribution in [2.75, 3.05) is 6.61 Å². The zero-order chi connectivity index (χ0) is 19.8. The molecule has 0 saturated heterocycles. The van der Waals surface area contributed by atoms with Gasteiger partial charge in [0.25, 0.3) is 0 Å². The number of carbonyl (C=O) groups excluding carboxylic acids is 2. The number of aliphatic hydroxyl groups excluding tert-OH is 2. The summed E-state index contributed by atoms with van der Waals surface area (Å²) in [5, 5.41) is 31.5. The van der Waals surface area contributed by atoms with Crippen LogP contribution in [0.15, 0.2) is 23.8 Å². The molecule has 0 unspecified atom stereocenters. The fourth-order valence-corrected chi connectivity index (χ4v) is 6.80. The Morgan fingerprint density at radius 2 is 2.00 bits per heavy atom. The smallest absolute Gasteiger partial charge is 0.190 e. The van der Waals surface area contributed by atoms with Crippen LogP contribution in [0.4, 0.5) is 4.39 Å². The van der Waals surface area contributed by atoms with Crippen LogP contribution in [-0.2, 0) is 9.59 Å². The fourth-order valence-electron chi connectivity index (χ4n) is 6.80. The molecule has 3 saturated carbocycles. The summed E-state index contributed by atoms with van der Waals surface area (Å²) in [6.45, 7) is 2.71. The number of carbonyl (C=O) groups is 2. The van der Waals surface area contributed by atoms with Crippen LogP contribution in [0, 0.1) is 22.7 Å². The molecule has 3 fully saturated rings. The third kappa shape index (κ3) is 2.04. The molecule has 0 aromatic rings. The maximum atomic E-state index is 16.7. The summed E-state index contributed by atoms with van der Waals surface area (Å²) in [6, 6.07) is 0. The molecule has 7 atom stereocenters. The first-order valence-electron chi connectivity index (χ1n) is 9.72. The summed E-state index contributed by atoms with van der Waals surface area (Å²) < 4.78 is 16.7. The first-order valence-corrected chi connectivity index (χ1v) is 9.72. The Labute approximate surface area is 158 Å². The van der Waals surface area contributed by atoms with Crippen LogP contribution in [-0.4, -0.2) is 50.9 Å². The molecule has 0 spiro atoms. The average molecular weight is 378 g/mol. The van der Waals surface area contributed by atoms with Gasteiger partial charge in [-0.15, -0.1) is 0 Å². The molecule has 0 bridgehead atoms. The Bertz CT molecular complexity index is 775. The zero-order valence-electron chi connectivity index (χ0n) is 15.7. The monoisotopic (exact) mass is 378 g/mol.